The van der Waals surface area contributed by atoms with Gasteiger partial charge in [-0.25, -0.2) is 0 Å². The van der Waals surface area contributed by atoms with Crippen LogP contribution < -0.4 is 10.1 Å². The first-order valence-corrected chi connectivity index (χ1v) is 6.69. The minimum Gasteiger partial charge on any atom is -0.497 e. The summed E-state index contributed by atoms with van der Waals surface area (Å²) in [5.74, 6) is 0.942. The molecule has 0 aliphatic heterocycles. The van der Waals surface area contributed by atoms with Crippen LogP contribution in [0.15, 0.2) is 18.2 Å². The van der Waals surface area contributed by atoms with E-state index in [0.717, 1.165) is 18.6 Å². The molecule has 102 valence electrons. The van der Waals surface area contributed by atoms with Crippen LogP contribution in [0.3, 0.4) is 0 Å². The Morgan fingerprint density at radius 1 is 1.28 bits per heavy atom. The summed E-state index contributed by atoms with van der Waals surface area (Å²) in [6.07, 6.45) is 2.27. The summed E-state index contributed by atoms with van der Waals surface area (Å²) in [5.41, 5.74) is 3.04. The molecular weight excluding hydrogens is 222 g/mol. The summed E-state index contributed by atoms with van der Waals surface area (Å²) in [4.78, 5) is 0. The molecule has 0 spiro atoms. The van der Waals surface area contributed by atoms with Gasteiger partial charge in [-0.1, -0.05) is 26.8 Å². The Bertz CT molecular complexity index is 379. The minimum absolute atomic E-state index is 0.301. The lowest BCUT2D eigenvalue weighted by Gasteiger charge is -2.30. The zero-order chi connectivity index (χ0) is 13.8. The molecule has 1 aromatic rings. The van der Waals surface area contributed by atoms with Crippen LogP contribution in [0.5, 0.6) is 5.75 Å². The first-order chi connectivity index (χ1) is 8.38. The maximum atomic E-state index is 5.24. The van der Waals surface area contributed by atoms with Crippen molar-refractivity contribution >= 4 is 0 Å². The zero-order valence-electron chi connectivity index (χ0n) is 12.6. The molecule has 0 saturated carbocycles. The van der Waals surface area contributed by atoms with Crippen molar-refractivity contribution in [2.45, 2.75) is 46.6 Å². The monoisotopic (exact) mass is 249 g/mol. The van der Waals surface area contributed by atoms with E-state index in [4.69, 9.17) is 4.74 Å². The van der Waals surface area contributed by atoms with E-state index < -0.39 is 0 Å². The third-order valence-electron chi connectivity index (χ3n) is 3.65. The van der Waals surface area contributed by atoms with Gasteiger partial charge < -0.3 is 10.1 Å². The van der Waals surface area contributed by atoms with Gasteiger partial charge in [0.15, 0.2) is 0 Å². The van der Waals surface area contributed by atoms with E-state index in [1.165, 1.54) is 11.1 Å². The van der Waals surface area contributed by atoms with Crippen molar-refractivity contribution in [3.8, 4) is 5.75 Å². The van der Waals surface area contributed by atoms with Crippen molar-refractivity contribution < 1.29 is 4.74 Å². The fourth-order valence-corrected chi connectivity index (χ4v) is 2.39. The van der Waals surface area contributed by atoms with Crippen molar-refractivity contribution in [1.82, 2.24) is 5.32 Å². The predicted octanol–water partition coefficient (Wildman–Crippen LogP) is 3.57. The van der Waals surface area contributed by atoms with E-state index in [2.05, 4.69) is 52.2 Å². The number of hydrogen-bond acceptors (Lipinski definition) is 2. The van der Waals surface area contributed by atoms with Crippen LogP contribution in [0.1, 0.15) is 38.3 Å². The summed E-state index contributed by atoms with van der Waals surface area (Å²) in [5, 5.41) is 3.43. The fraction of sp³-hybridized carbons (Fsp3) is 0.625. The molecule has 2 heteroatoms. The largest absolute Gasteiger partial charge is 0.497 e. The molecule has 1 aromatic carbocycles. The quantitative estimate of drug-likeness (QED) is 0.861. The van der Waals surface area contributed by atoms with E-state index in [9.17, 15) is 0 Å². The molecule has 1 atom stereocenters. The number of aryl methyl sites for hydroxylation is 2. The first-order valence-electron chi connectivity index (χ1n) is 6.69. The topological polar surface area (TPSA) is 21.3 Å². The Morgan fingerprint density at radius 3 is 2.39 bits per heavy atom. The molecule has 0 aliphatic carbocycles. The third kappa shape index (κ3) is 4.02. The van der Waals surface area contributed by atoms with Crippen molar-refractivity contribution in [2.75, 3.05) is 14.2 Å². The van der Waals surface area contributed by atoms with Gasteiger partial charge in [-0.05, 0) is 55.5 Å². The second kappa shape index (κ2) is 6.24. The van der Waals surface area contributed by atoms with Crippen molar-refractivity contribution in [1.29, 1.82) is 0 Å². The summed E-state index contributed by atoms with van der Waals surface area (Å²) in [6, 6.07) is 6.89. The van der Waals surface area contributed by atoms with E-state index in [-0.39, 0.29) is 0 Å². The number of benzene rings is 1. The van der Waals surface area contributed by atoms with E-state index in [0.29, 0.717) is 11.5 Å². The summed E-state index contributed by atoms with van der Waals surface area (Å²) < 4.78 is 5.24. The number of methoxy groups -OCH3 is 1. The van der Waals surface area contributed by atoms with Gasteiger partial charge in [0.25, 0.3) is 0 Å². The average molecular weight is 249 g/mol. The molecule has 2 nitrogen and oxygen atoms in total. The molecule has 0 heterocycles. The molecule has 0 aromatic heterocycles. The van der Waals surface area contributed by atoms with Gasteiger partial charge in [-0.2, -0.15) is 0 Å². The summed E-state index contributed by atoms with van der Waals surface area (Å²) in [6.45, 7) is 9.02. The SMILES string of the molecule is CNC(CCc1ccc(OC)cc1C)C(C)(C)C. The normalized spacial score (nSPS) is 13.4. The molecular formula is C16H27NO. The molecule has 1 unspecified atom stereocenters. The molecule has 0 bridgehead atoms. The Labute approximate surface area is 112 Å². The number of ether oxygens (including phenoxy) is 1. The van der Waals surface area contributed by atoms with E-state index >= 15 is 0 Å². The Morgan fingerprint density at radius 2 is 1.94 bits per heavy atom. The second-order valence-electron chi connectivity index (χ2n) is 6.04. The van der Waals surface area contributed by atoms with Gasteiger partial charge in [0, 0.05) is 6.04 Å². The maximum absolute atomic E-state index is 5.24. The maximum Gasteiger partial charge on any atom is 0.119 e. The molecule has 0 aliphatic rings. The standard InChI is InChI=1S/C16H27NO/c1-12-11-14(18-6)9-7-13(12)8-10-15(17-5)16(2,3)4/h7,9,11,15,17H,8,10H2,1-6H3. The lowest BCUT2D eigenvalue weighted by molar-refractivity contribution is 0.268. The van der Waals surface area contributed by atoms with Gasteiger partial charge in [0.05, 0.1) is 7.11 Å². The van der Waals surface area contributed by atoms with Crippen molar-refractivity contribution in [3.05, 3.63) is 29.3 Å². The molecule has 0 saturated heterocycles. The molecule has 1 N–H and O–H groups in total. The van der Waals surface area contributed by atoms with Crippen LogP contribution in [0.2, 0.25) is 0 Å². The van der Waals surface area contributed by atoms with Crippen LogP contribution in [0.4, 0.5) is 0 Å². The Kier molecular flexibility index (Phi) is 5.21. The highest BCUT2D eigenvalue weighted by molar-refractivity contribution is 5.34. The van der Waals surface area contributed by atoms with Gasteiger partial charge >= 0.3 is 0 Å². The minimum atomic E-state index is 0.301. The first kappa shape index (κ1) is 15.0. The second-order valence-corrected chi connectivity index (χ2v) is 6.04. The Hall–Kier alpha value is -1.02. The highest BCUT2D eigenvalue weighted by Crippen LogP contribution is 2.24. The van der Waals surface area contributed by atoms with Crippen LogP contribution >= 0.6 is 0 Å². The zero-order valence-corrected chi connectivity index (χ0v) is 12.6. The lowest BCUT2D eigenvalue weighted by Crippen LogP contribution is -2.38. The Balaban J connectivity index is 2.68. The van der Waals surface area contributed by atoms with Crippen LogP contribution in [-0.4, -0.2) is 20.2 Å². The van der Waals surface area contributed by atoms with Crippen molar-refractivity contribution in [2.24, 2.45) is 5.41 Å². The molecule has 0 radical (unpaired) electrons. The third-order valence-corrected chi connectivity index (χ3v) is 3.65. The van der Waals surface area contributed by atoms with Gasteiger partial charge in [0.2, 0.25) is 0 Å². The smallest absolute Gasteiger partial charge is 0.119 e. The highest BCUT2D eigenvalue weighted by atomic mass is 16.5. The molecule has 1 rings (SSSR count). The number of rotatable bonds is 5. The molecule has 18 heavy (non-hydrogen) atoms. The number of nitrogens with one attached hydrogen (secondary N) is 1. The van der Waals surface area contributed by atoms with Crippen LogP contribution in [0, 0.1) is 12.3 Å². The predicted molar refractivity (Wildman–Crippen MR) is 78.4 cm³/mol. The van der Waals surface area contributed by atoms with Gasteiger partial charge in [-0.15, -0.1) is 0 Å². The summed E-state index contributed by atoms with van der Waals surface area (Å²) >= 11 is 0. The molecule has 0 fully saturated rings. The van der Waals surface area contributed by atoms with Crippen LogP contribution in [0.25, 0.3) is 0 Å². The van der Waals surface area contributed by atoms with Gasteiger partial charge in [0.1, 0.15) is 5.75 Å². The lowest BCUT2D eigenvalue weighted by atomic mass is 9.83. The van der Waals surface area contributed by atoms with Gasteiger partial charge in [-0.3, -0.25) is 0 Å². The van der Waals surface area contributed by atoms with Crippen molar-refractivity contribution in [3.63, 3.8) is 0 Å². The van der Waals surface area contributed by atoms with E-state index in [1.807, 2.05) is 6.07 Å². The van der Waals surface area contributed by atoms with E-state index in [1.54, 1.807) is 7.11 Å². The number of hydrogen-bond donors (Lipinski definition) is 1. The molecule has 0 amide bonds. The van der Waals surface area contributed by atoms with Crippen LogP contribution in [-0.2, 0) is 6.42 Å². The average Bonchev–Trinajstić information content (AvgIpc) is 2.29. The highest BCUT2D eigenvalue weighted by Gasteiger charge is 2.22. The fourth-order valence-electron chi connectivity index (χ4n) is 2.39. The summed E-state index contributed by atoms with van der Waals surface area (Å²) in [7, 11) is 3.77.